The van der Waals surface area contributed by atoms with Crippen molar-refractivity contribution in [3.8, 4) is 5.75 Å². The second-order valence-corrected chi connectivity index (χ2v) is 6.45. The number of benzene rings is 1. The average Bonchev–Trinajstić information content (AvgIpc) is 2.62. The van der Waals surface area contributed by atoms with E-state index in [1.54, 1.807) is 12.0 Å². The summed E-state index contributed by atoms with van der Waals surface area (Å²) in [6.45, 7) is 0.828. The zero-order valence-electron chi connectivity index (χ0n) is 14.1. The number of hydrogen-bond donors (Lipinski definition) is 1. The molecule has 132 valence electrons. The third-order valence-corrected chi connectivity index (χ3v) is 4.75. The summed E-state index contributed by atoms with van der Waals surface area (Å²) < 4.78 is 19.3. The third kappa shape index (κ3) is 3.57. The van der Waals surface area contributed by atoms with Gasteiger partial charge in [-0.1, -0.05) is 12.1 Å². The second-order valence-electron chi connectivity index (χ2n) is 6.45. The molecule has 0 aliphatic carbocycles. The van der Waals surface area contributed by atoms with Crippen molar-refractivity contribution in [1.82, 2.24) is 4.98 Å². The lowest BCUT2D eigenvalue weighted by atomic mass is 9.75. The van der Waals surface area contributed by atoms with Crippen LogP contribution >= 0.6 is 0 Å². The largest absolute Gasteiger partial charge is 0.497 e. The number of carbonyl (C=O) groups is 1. The molecule has 6 heteroatoms. The SMILES string of the molecule is COc1cccc(CC2(C(=O)O)CCCN(c3ncccc3F)C2)c1. The van der Waals surface area contributed by atoms with Gasteiger partial charge in [-0.3, -0.25) is 4.79 Å². The number of pyridine rings is 1. The summed E-state index contributed by atoms with van der Waals surface area (Å²) in [6, 6.07) is 10.3. The van der Waals surface area contributed by atoms with Crippen LogP contribution in [0.25, 0.3) is 0 Å². The molecule has 1 unspecified atom stereocenters. The molecule has 1 fully saturated rings. The number of carboxylic acid groups (broad SMARTS) is 1. The minimum atomic E-state index is -0.978. The van der Waals surface area contributed by atoms with Crippen molar-refractivity contribution < 1.29 is 19.0 Å². The summed E-state index contributed by atoms with van der Waals surface area (Å²) in [5.41, 5.74) is -0.0840. The van der Waals surface area contributed by atoms with Crippen LogP contribution in [0.2, 0.25) is 0 Å². The predicted octanol–water partition coefficient (Wildman–Crippen LogP) is 3.14. The van der Waals surface area contributed by atoms with Crippen LogP contribution in [-0.2, 0) is 11.2 Å². The number of ether oxygens (including phenoxy) is 1. The van der Waals surface area contributed by atoms with Gasteiger partial charge in [-0.05, 0) is 49.1 Å². The molecule has 1 atom stereocenters. The first-order valence-corrected chi connectivity index (χ1v) is 8.26. The van der Waals surface area contributed by atoms with E-state index in [1.165, 1.54) is 18.3 Å². The Bertz CT molecular complexity index is 768. The number of hydrogen-bond acceptors (Lipinski definition) is 4. The Morgan fingerprint density at radius 3 is 2.96 bits per heavy atom. The number of anilines is 1. The summed E-state index contributed by atoms with van der Waals surface area (Å²) >= 11 is 0. The Kier molecular flexibility index (Phi) is 4.88. The quantitative estimate of drug-likeness (QED) is 0.903. The molecule has 1 aliphatic rings. The van der Waals surface area contributed by atoms with Crippen LogP contribution in [0.1, 0.15) is 18.4 Å². The van der Waals surface area contributed by atoms with Gasteiger partial charge in [0.25, 0.3) is 0 Å². The van der Waals surface area contributed by atoms with Crippen molar-refractivity contribution in [2.45, 2.75) is 19.3 Å². The summed E-state index contributed by atoms with van der Waals surface area (Å²) in [4.78, 5) is 18.0. The predicted molar refractivity (Wildman–Crippen MR) is 92.4 cm³/mol. The zero-order chi connectivity index (χ0) is 17.9. The molecule has 5 nitrogen and oxygen atoms in total. The monoisotopic (exact) mass is 344 g/mol. The third-order valence-electron chi connectivity index (χ3n) is 4.75. The lowest BCUT2D eigenvalue weighted by Gasteiger charge is -2.40. The van der Waals surface area contributed by atoms with Gasteiger partial charge in [-0.25, -0.2) is 9.37 Å². The molecule has 3 rings (SSSR count). The Morgan fingerprint density at radius 2 is 2.24 bits per heavy atom. The topological polar surface area (TPSA) is 62.7 Å². The van der Waals surface area contributed by atoms with Crippen LogP contribution in [0.15, 0.2) is 42.6 Å². The fourth-order valence-electron chi connectivity index (χ4n) is 3.49. The first-order chi connectivity index (χ1) is 12.0. The molecule has 1 aromatic carbocycles. The minimum absolute atomic E-state index is 0.221. The van der Waals surface area contributed by atoms with E-state index in [2.05, 4.69) is 4.98 Å². The molecular weight excluding hydrogens is 323 g/mol. The molecule has 1 aromatic heterocycles. The number of piperidine rings is 1. The second kappa shape index (κ2) is 7.09. The van der Waals surface area contributed by atoms with E-state index >= 15 is 0 Å². The Labute approximate surface area is 146 Å². The van der Waals surface area contributed by atoms with Gasteiger partial charge >= 0.3 is 5.97 Å². The molecule has 0 radical (unpaired) electrons. The van der Waals surface area contributed by atoms with Crippen molar-refractivity contribution in [1.29, 1.82) is 0 Å². The van der Waals surface area contributed by atoms with E-state index in [0.717, 1.165) is 5.56 Å². The van der Waals surface area contributed by atoms with Gasteiger partial charge in [0, 0.05) is 19.3 Å². The Hall–Kier alpha value is -2.63. The number of rotatable bonds is 5. The van der Waals surface area contributed by atoms with Gasteiger partial charge in [-0.15, -0.1) is 0 Å². The van der Waals surface area contributed by atoms with Gasteiger partial charge in [-0.2, -0.15) is 0 Å². The highest BCUT2D eigenvalue weighted by atomic mass is 19.1. The molecule has 0 saturated carbocycles. The van der Waals surface area contributed by atoms with E-state index in [-0.39, 0.29) is 12.4 Å². The highest BCUT2D eigenvalue weighted by molar-refractivity contribution is 5.76. The van der Waals surface area contributed by atoms with Crippen LogP contribution in [0.4, 0.5) is 10.2 Å². The summed E-state index contributed by atoms with van der Waals surface area (Å²) in [5.74, 6) is -0.374. The number of nitrogens with zero attached hydrogens (tertiary/aromatic N) is 2. The Balaban J connectivity index is 1.89. The molecule has 1 N–H and O–H groups in total. The molecule has 2 aromatic rings. The molecule has 1 saturated heterocycles. The molecule has 0 bridgehead atoms. The van der Waals surface area contributed by atoms with E-state index in [0.29, 0.717) is 31.6 Å². The van der Waals surface area contributed by atoms with Gasteiger partial charge in [0.2, 0.25) is 0 Å². The van der Waals surface area contributed by atoms with Crippen LogP contribution in [0.5, 0.6) is 5.75 Å². The average molecular weight is 344 g/mol. The smallest absolute Gasteiger partial charge is 0.311 e. The first-order valence-electron chi connectivity index (χ1n) is 8.26. The van der Waals surface area contributed by atoms with Gasteiger partial charge in [0.1, 0.15) is 5.75 Å². The van der Waals surface area contributed by atoms with Crippen molar-refractivity contribution in [3.05, 3.63) is 54.0 Å². The van der Waals surface area contributed by atoms with E-state index < -0.39 is 17.2 Å². The van der Waals surface area contributed by atoms with Gasteiger partial charge in [0.05, 0.1) is 12.5 Å². The van der Waals surface area contributed by atoms with E-state index in [4.69, 9.17) is 4.74 Å². The highest BCUT2D eigenvalue weighted by Crippen LogP contribution is 2.36. The summed E-state index contributed by atoms with van der Waals surface area (Å²) in [6.07, 6.45) is 3.11. The molecular formula is C19H21FN2O3. The van der Waals surface area contributed by atoms with Crippen molar-refractivity contribution in [2.24, 2.45) is 5.41 Å². The molecule has 0 amide bonds. The summed E-state index contributed by atoms with van der Waals surface area (Å²) in [7, 11) is 1.58. The summed E-state index contributed by atoms with van der Waals surface area (Å²) in [5, 5.41) is 9.94. The van der Waals surface area contributed by atoms with Gasteiger partial charge < -0.3 is 14.7 Å². The minimum Gasteiger partial charge on any atom is -0.497 e. The van der Waals surface area contributed by atoms with Crippen LogP contribution < -0.4 is 9.64 Å². The molecule has 2 heterocycles. The molecule has 0 spiro atoms. The van der Waals surface area contributed by atoms with E-state index in [1.807, 2.05) is 24.3 Å². The maximum Gasteiger partial charge on any atom is 0.311 e. The number of aliphatic carboxylic acids is 1. The first kappa shape index (κ1) is 17.2. The zero-order valence-corrected chi connectivity index (χ0v) is 14.1. The lowest BCUT2D eigenvalue weighted by molar-refractivity contribution is -0.149. The molecule has 25 heavy (non-hydrogen) atoms. The maximum absolute atomic E-state index is 14.1. The Morgan fingerprint density at radius 1 is 1.40 bits per heavy atom. The standard InChI is InChI=1S/C19H21FN2O3/c1-25-15-6-2-5-14(11-15)12-19(18(23)24)8-4-10-22(13-19)17-16(20)7-3-9-21-17/h2-3,5-7,9,11H,4,8,10,12-13H2,1H3,(H,23,24). The fraction of sp³-hybridized carbons (Fsp3) is 0.368. The van der Waals surface area contributed by atoms with Crippen molar-refractivity contribution in [2.75, 3.05) is 25.1 Å². The molecule has 1 aliphatic heterocycles. The van der Waals surface area contributed by atoms with Gasteiger partial charge in [0.15, 0.2) is 11.6 Å². The maximum atomic E-state index is 14.1. The van der Waals surface area contributed by atoms with Crippen molar-refractivity contribution >= 4 is 11.8 Å². The number of halogens is 1. The fourth-order valence-corrected chi connectivity index (χ4v) is 3.49. The number of aromatic nitrogens is 1. The van der Waals surface area contributed by atoms with Crippen LogP contribution in [0.3, 0.4) is 0 Å². The van der Waals surface area contributed by atoms with Crippen LogP contribution in [0, 0.1) is 11.2 Å². The van der Waals surface area contributed by atoms with Crippen molar-refractivity contribution in [3.63, 3.8) is 0 Å². The lowest BCUT2D eigenvalue weighted by Crippen LogP contribution is -2.49. The van der Waals surface area contributed by atoms with Crippen LogP contribution in [-0.4, -0.2) is 36.3 Å². The normalized spacial score (nSPS) is 20.3. The van der Waals surface area contributed by atoms with E-state index in [9.17, 15) is 14.3 Å². The number of methoxy groups -OCH3 is 1. The number of carboxylic acids is 1. The highest BCUT2D eigenvalue weighted by Gasteiger charge is 2.43.